The number of pyridine rings is 1. The lowest BCUT2D eigenvalue weighted by Crippen LogP contribution is -2.31. The number of aromatic nitrogens is 3. The molecule has 1 aliphatic rings. The molecule has 0 bridgehead atoms. The molecule has 0 aliphatic carbocycles. The number of imide groups is 1. The summed E-state index contributed by atoms with van der Waals surface area (Å²) in [5.41, 5.74) is 1.10. The summed E-state index contributed by atoms with van der Waals surface area (Å²) in [5.74, 6) is -0.102. The van der Waals surface area contributed by atoms with E-state index in [1.165, 1.54) is 4.90 Å². The Morgan fingerprint density at radius 3 is 2.66 bits per heavy atom. The first-order chi connectivity index (χ1) is 14.1. The second-order valence-corrected chi connectivity index (χ2v) is 7.50. The normalized spacial score (nSPS) is 16.3. The van der Waals surface area contributed by atoms with E-state index in [2.05, 4.69) is 15.4 Å². The van der Waals surface area contributed by atoms with E-state index >= 15 is 0 Å². The number of hydrogen-bond donors (Lipinski definition) is 1. The summed E-state index contributed by atoms with van der Waals surface area (Å²) in [7, 11) is 0. The second kappa shape index (κ2) is 8.27. The number of para-hydroxylation sites is 1. The molecule has 0 spiro atoms. The van der Waals surface area contributed by atoms with Gasteiger partial charge in [0.15, 0.2) is 5.82 Å². The highest BCUT2D eigenvalue weighted by Crippen LogP contribution is 2.29. The summed E-state index contributed by atoms with van der Waals surface area (Å²) in [4.78, 5) is 42.5. The summed E-state index contributed by atoms with van der Waals surface area (Å²) in [6, 6.07) is 14.1. The van der Waals surface area contributed by atoms with Gasteiger partial charge in [0.1, 0.15) is 0 Å². The van der Waals surface area contributed by atoms with Crippen molar-refractivity contribution in [1.82, 2.24) is 14.8 Å². The third-order valence-corrected chi connectivity index (χ3v) is 5.51. The summed E-state index contributed by atoms with van der Waals surface area (Å²) in [5, 5.41) is 6.28. The van der Waals surface area contributed by atoms with Crippen LogP contribution >= 0.6 is 11.8 Å². The first-order valence-corrected chi connectivity index (χ1v) is 9.96. The molecule has 0 radical (unpaired) electrons. The third-order valence-electron chi connectivity index (χ3n) is 4.31. The number of thioether (sulfide) groups is 1. The minimum atomic E-state index is -0.561. The summed E-state index contributed by atoms with van der Waals surface area (Å²) in [6.07, 6.45) is 5.06. The van der Waals surface area contributed by atoms with Gasteiger partial charge >= 0.3 is 0 Å². The van der Waals surface area contributed by atoms with E-state index in [-0.39, 0.29) is 29.9 Å². The van der Waals surface area contributed by atoms with Crippen molar-refractivity contribution >= 4 is 40.9 Å². The molecule has 3 amide bonds. The van der Waals surface area contributed by atoms with Gasteiger partial charge in [-0.2, -0.15) is 5.10 Å². The Balaban J connectivity index is 1.32. The van der Waals surface area contributed by atoms with Crippen molar-refractivity contribution in [2.45, 2.75) is 11.7 Å². The molecule has 1 saturated heterocycles. The van der Waals surface area contributed by atoms with Crippen LogP contribution in [-0.2, 0) is 14.4 Å². The largest absolute Gasteiger partial charge is 0.324 e. The lowest BCUT2D eigenvalue weighted by Gasteiger charge is -2.14. The third kappa shape index (κ3) is 4.19. The maximum Gasteiger partial charge on any atom is 0.247 e. The van der Waals surface area contributed by atoms with Crippen molar-refractivity contribution in [2.75, 3.05) is 16.0 Å². The van der Waals surface area contributed by atoms with Crippen molar-refractivity contribution in [3.63, 3.8) is 0 Å². The van der Waals surface area contributed by atoms with Crippen LogP contribution in [0.4, 0.5) is 11.4 Å². The molecule has 1 unspecified atom stereocenters. The average Bonchev–Trinajstić information content (AvgIpc) is 3.36. The van der Waals surface area contributed by atoms with Crippen molar-refractivity contribution < 1.29 is 14.4 Å². The molecule has 9 heteroatoms. The Bertz CT molecular complexity index is 1020. The van der Waals surface area contributed by atoms with Crippen LogP contribution in [0.15, 0.2) is 67.1 Å². The fraction of sp³-hybridized carbons (Fsp3) is 0.150. The van der Waals surface area contributed by atoms with Crippen molar-refractivity contribution in [1.29, 1.82) is 0 Å². The highest BCUT2D eigenvalue weighted by molar-refractivity contribution is 8.01. The van der Waals surface area contributed by atoms with E-state index in [0.29, 0.717) is 17.2 Å². The Kier molecular flexibility index (Phi) is 5.39. The van der Waals surface area contributed by atoms with Crippen LogP contribution in [0, 0.1) is 0 Å². The fourth-order valence-corrected chi connectivity index (χ4v) is 3.89. The van der Waals surface area contributed by atoms with E-state index < -0.39 is 5.25 Å². The number of carbonyl (C=O) groups is 3. The monoisotopic (exact) mass is 407 g/mol. The number of nitrogens with zero attached hydrogens (tertiary/aromatic N) is 4. The summed E-state index contributed by atoms with van der Waals surface area (Å²) in [6.45, 7) is 0. The van der Waals surface area contributed by atoms with Gasteiger partial charge < -0.3 is 5.32 Å². The lowest BCUT2D eigenvalue weighted by atomic mass is 10.3. The van der Waals surface area contributed by atoms with Crippen LogP contribution in [0.2, 0.25) is 0 Å². The minimum Gasteiger partial charge on any atom is -0.324 e. The number of nitrogens with one attached hydrogen (secondary N) is 1. The molecule has 1 aromatic carbocycles. The van der Waals surface area contributed by atoms with Crippen LogP contribution in [0.1, 0.15) is 6.42 Å². The molecule has 1 N–H and O–H groups in total. The van der Waals surface area contributed by atoms with E-state index in [4.69, 9.17) is 0 Å². The number of anilines is 2. The maximum absolute atomic E-state index is 12.6. The zero-order valence-corrected chi connectivity index (χ0v) is 16.1. The van der Waals surface area contributed by atoms with E-state index in [1.54, 1.807) is 65.7 Å². The molecule has 29 heavy (non-hydrogen) atoms. The van der Waals surface area contributed by atoms with Gasteiger partial charge in [-0.25, -0.2) is 14.6 Å². The molecule has 8 nitrogen and oxygen atoms in total. The van der Waals surface area contributed by atoms with Gasteiger partial charge in [-0.3, -0.25) is 14.4 Å². The Hall–Kier alpha value is -3.46. The predicted molar refractivity (Wildman–Crippen MR) is 110 cm³/mol. The van der Waals surface area contributed by atoms with Gasteiger partial charge in [0.25, 0.3) is 0 Å². The average molecular weight is 407 g/mol. The van der Waals surface area contributed by atoms with Gasteiger partial charge in [-0.15, -0.1) is 11.8 Å². The number of amides is 3. The van der Waals surface area contributed by atoms with E-state index in [0.717, 1.165) is 11.8 Å². The van der Waals surface area contributed by atoms with Crippen LogP contribution in [0.3, 0.4) is 0 Å². The second-order valence-electron chi connectivity index (χ2n) is 6.31. The molecule has 2 aromatic heterocycles. The number of hydrogen-bond acceptors (Lipinski definition) is 6. The molecule has 3 aromatic rings. The van der Waals surface area contributed by atoms with Gasteiger partial charge in [-0.1, -0.05) is 18.2 Å². The van der Waals surface area contributed by atoms with Crippen LogP contribution in [0.5, 0.6) is 0 Å². The molecular weight excluding hydrogens is 390 g/mol. The Labute approximate surface area is 170 Å². The molecule has 0 saturated carbocycles. The SMILES string of the molecule is O=C(CSC1CC(=O)N(c2ccccc2)C1=O)Nc1ccc(-n2cccn2)nc1. The summed E-state index contributed by atoms with van der Waals surface area (Å²) >= 11 is 1.16. The summed E-state index contributed by atoms with van der Waals surface area (Å²) < 4.78 is 1.61. The van der Waals surface area contributed by atoms with Crippen molar-refractivity contribution in [3.05, 3.63) is 67.1 Å². The van der Waals surface area contributed by atoms with Crippen molar-refractivity contribution in [2.24, 2.45) is 0 Å². The number of carbonyl (C=O) groups excluding carboxylic acids is 3. The first kappa shape index (κ1) is 18.9. The fourth-order valence-electron chi connectivity index (χ4n) is 2.96. The smallest absolute Gasteiger partial charge is 0.247 e. The van der Waals surface area contributed by atoms with E-state index in [1.807, 2.05) is 6.07 Å². The molecule has 1 fully saturated rings. The molecule has 1 atom stereocenters. The van der Waals surface area contributed by atoms with Gasteiger partial charge in [0.05, 0.1) is 28.6 Å². The van der Waals surface area contributed by atoms with Crippen LogP contribution in [-0.4, -0.2) is 43.5 Å². The maximum atomic E-state index is 12.6. The zero-order valence-electron chi connectivity index (χ0n) is 15.3. The number of rotatable bonds is 6. The van der Waals surface area contributed by atoms with Crippen molar-refractivity contribution in [3.8, 4) is 5.82 Å². The van der Waals surface area contributed by atoms with E-state index in [9.17, 15) is 14.4 Å². The number of benzene rings is 1. The Morgan fingerprint density at radius 1 is 1.14 bits per heavy atom. The first-order valence-electron chi connectivity index (χ1n) is 8.91. The minimum absolute atomic E-state index is 0.0627. The highest BCUT2D eigenvalue weighted by Gasteiger charge is 2.39. The highest BCUT2D eigenvalue weighted by atomic mass is 32.2. The lowest BCUT2D eigenvalue weighted by molar-refractivity contribution is -0.121. The van der Waals surface area contributed by atoms with Crippen LogP contribution in [0.25, 0.3) is 5.82 Å². The van der Waals surface area contributed by atoms with Gasteiger partial charge in [0.2, 0.25) is 17.7 Å². The van der Waals surface area contributed by atoms with Gasteiger partial charge in [0, 0.05) is 18.8 Å². The molecular formula is C20H17N5O3S. The predicted octanol–water partition coefficient (Wildman–Crippen LogP) is 2.27. The van der Waals surface area contributed by atoms with Gasteiger partial charge in [-0.05, 0) is 30.3 Å². The standard InChI is InChI=1S/C20H17N5O3S/c26-18(23-14-7-8-17(21-12-14)24-10-4-9-22-24)13-29-16-11-19(27)25(20(16)28)15-5-2-1-3-6-15/h1-10,12,16H,11,13H2,(H,23,26). The Morgan fingerprint density at radius 2 is 1.97 bits per heavy atom. The molecule has 146 valence electrons. The van der Waals surface area contributed by atoms with Crippen LogP contribution < -0.4 is 10.2 Å². The molecule has 4 rings (SSSR count). The zero-order chi connectivity index (χ0) is 20.2. The molecule has 1 aliphatic heterocycles. The molecule has 3 heterocycles. The topological polar surface area (TPSA) is 97.2 Å². The quantitative estimate of drug-likeness (QED) is 0.630.